The van der Waals surface area contributed by atoms with Crippen molar-refractivity contribution in [1.29, 1.82) is 0 Å². The third-order valence-corrected chi connectivity index (χ3v) is 11.2. The fourth-order valence-electron chi connectivity index (χ4n) is 8.30. The molecule has 0 aliphatic heterocycles. The predicted molar refractivity (Wildman–Crippen MR) is 243 cm³/mol. The van der Waals surface area contributed by atoms with Crippen LogP contribution in [0.4, 0.5) is 0 Å². The molecule has 0 bridgehead atoms. The molecule has 10 aromatic rings. The molecule has 0 saturated heterocycles. The summed E-state index contributed by atoms with van der Waals surface area (Å²) in [5.74, 6) is 0.246. The maximum atomic E-state index is 11.5. The van der Waals surface area contributed by atoms with Crippen LogP contribution < -0.4 is 0 Å². The fraction of sp³-hybridized carbons (Fsp3) is 0. The Morgan fingerprint density at radius 3 is 0.810 bits per heavy atom. The van der Waals surface area contributed by atoms with Crippen LogP contribution in [0.5, 0.6) is 11.5 Å². The molecule has 10 aromatic carbocycles. The van der Waals surface area contributed by atoms with E-state index in [1.165, 1.54) is 22.3 Å². The Kier molecular flexibility index (Phi) is 8.85. The maximum Gasteiger partial charge on any atom is 0.124 e. The molecule has 0 saturated carbocycles. The number of benzene rings is 10. The van der Waals surface area contributed by atoms with Crippen molar-refractivity contribution < 1.29 is 10.2 Å². The van der Waals surface area contributed by atoms with Gasteiger partial charge in [0.2, 0.25) is 0 Å². The minimum absolute atomic E-state index is 0.123. The van der Waals surface area contributed by atoms with Gasteiger partial charge in [0.05, 0.1) is 0 Å². The van der Waals surface area contributed by atoms with Crippen LogP contribution in [0, 0.1) is 0 Å². The zero-order valence-corrected chi connectivity index (χ0v) is 31.7. The number of fused-ring (bicyclic) bond motifs is 2. The minimum Gasteiger partial charge on any atom is -0.507 e. The van der Waals surface area contributed by atoms with E-state index in [9.17, 15) is 10.2 Å². The van der Waals surface area contributed by atoms with Crippen molar-refractivity contribution in [1.82, 2.24) is 0 Å². The second-order valence-corrected chi connectivity index (χ2v) is 14.8. The number of aromatic hydroxyl groups is 2. The van der Waals surface area contributed by atoms with Gasteiger partial charge in [0.1, 0.15) is 11.5 Å². The molecular weight excluding hydrogens is 705 g/mol. The Morgan fingerprint density at radius 2 is 0.483 bits per heavy atom. The molecule has 0 atom stereocenters. The summed E-state index contributed by atoms with van der Waals surface area (Å²) in [5.41, 5.74) is 15.0. The third-order valence-electron chi connectivity index (χ3n) is 11.2. The van der Waals surface area contributed by atoms with Crippen LogP contribution in [-0.4, -0.2) is 10.2 Å². The average molecular weight is 743 g/mol. The van der Waals surface area contributed by atoms with Gasteiger partial charge in [0.15, 0.2) is 0 Å². The molecule has 2 heteroatoms. The van der Waals surface area contributed by atoms with Crippen molar-refractivity contribution in [3.63, 3.8) is 0 Å². The SMILES string of the molecule is Oc1ccc2cc(-c3cccc(-c4cccc(-c5ccccc5)c4)c3)ccc2c1-c1c(O)ccc2cc(-c3cccc(-c4cccc(-c5ccccc5)c4)c3)ccc12. The van der Waals surface area contributed by atoms with Gasteiger partial charge in [-0.2, -0.15) is 0 Å². The van der Waals surface area contributed by atoms with E-state index in [0.29, 0.717) is 11.1 Å². The Labute approximate surface area is 338 Å². The van der Waals surface area contributed by atoms with Gasteiger partial charge in [0.25, 0.3) is 0 Å². The minimum atomic E-state index is 0.123. The summed E-state index contributed by atoms with van der Waals surface area (Å²) in [4.78, 5) is 0. The molecule has 10 rings (SSSR count). The van der Waals surface area contributed by atoms with Crippen LogP contribution in [-0.2, 0) is 0 Å². The zero-order valence-electron chi connectivity index (χ0n) is 31.7. The van der Waals surface area contributed by atoms with Gasteiger partial charge < -0.3 is 10.2 Å². The fourth-order valence-corrected chi connectivity index (χ4v) is 8.30. The summed E-state index contributed by atoms with van der Waals surface area (Å²) in [6.07, 6.45) is 0. The van der Waals surface area contributed by atoms with Crippen molar-refractivity contribution in [2.75, 3.05) is 0 Å². The van der Waals surface area contributed by atoms with Crippen LogP contribution in [0.2, 0.25) is 0 Å². The molecule has 274 valence electrons. The smallest absolute Gasteiger partial charge is 0.124 e. The summed E-state index contributed by atoms with van der Waals surface area (Å²) in [7, 11) is 0. The molecule has 2 nitrogen and oxygen atoms in total. The Balaban J connectivity index is 0.995. The molecule has 0 unspecified atom stereocenters. The van der Waals surface area contributed by atoms with Crippen molar-refractivity contribution in [3.05, 3.63) is 218 Å². The first kappa shape index (κ1) is 34.8. The number of hydrogen-bond donors (Lipinski definition) is 2. The number of rotatable bonds is 7. The lowest BCUT2D eigenvalue weighted by molar-refractivity contribution is 0.470. The highest BCUT2D eigenvalue weighted by Crippen LogP contribution is 2.46. The zero-order chi connectivity index (χ0) is 39.0. The Bertz CT molecular complexity index is 2910. The molecule has 0 spiro atoms. The van der Waals surface area contributed by atoms with E-state index >= 15 is 0 Å². The van der Waals surface area contributed by atoms with Crippen LogP contribution in [0.3, 0.4) is 0 Å². The molecule has 58 heavy (non-hydrogen) atoms. The molecular formula is C56H38O2. The third kappa shape index (κ3) is 6.57. The van der Waals surface area contributed by atoms with E-state index < -0.39 is 0 Å². The highest BCUT2D eigenvalue weighted by Gasteiger charge is 2.18. The second-order valence-electron chi connectivity index (χ2n) is 14.8. The summed E-state index contributed by atoms with van der Waals surface area (Å²) in [5, 5.41) is 26.6. The lowest BCUT2D eigenvalue weighted by Crippen LogP contribution is -1.89. The molecule has 0 amide bonds. The Hall–Kier alpha value is -7.68. The van der Waals surface area contributed by atoms with E-state index in [4.69, 9.17) is 0 Å². The molecule has 0 aromatic heterocycles. The molecule has 0 radical (unpaired) electrons. The largest absolute Gasteiger partial charge is 0.507 e. The highest BCUT2D eigenvalue weighted by atomic mass is 16.3. The molecule has 2 N–H and O–H groups in total. The first-order valence-corrected chi connectivity index (χ1v) is 19.6. The molecule has 0 heterocycles. The van der Waals surface area contributed by atoms with Gasteiger partial charge in [-0.3, -0.25) is 0 Å². The molecule has 0 aliphatic carbocycles. The topological polar surface area (TPSA) is 40.5 Å². The van der Waals surface area contributed by atoms with Crippen molar-refractivity contribution >= 4 is 21.5 Å². The van der Waals surface area contributed by atoms with Gasteiger partial charge >= 0.3 is 0 Å². The molecule has 0 aliphatic rings. The van der Waals surface area contributed by atoms with E-state index in [2.05, 4.69) is 182 Å². The van der Waals surface area contributed by atoms with Gasteiger partial charge in [0, 0.05) is 11.1 Å². The maximum absolute atomic E-state index is 11.5. The van der Waals surface area contributed by atoms with Crippen LogP contribution in [0.15, 0.2) is 218 Å². The quantitative estimate of drug-likeness (QED) is 0.171. The van der Waals surface area contributed by atoms with Gasteiger partial charge in [-0.15, -0.1) is 0 Å². The normalized spacial score (nSPS) is 11.2. The lowest BCUT2D eigenvalue weighted by atomic mass is 9.89. The summed E-state index contributed by atoms with van der Waals surface area (Å²) >= 11 is 0. The summed E-state index contributed by atoms with van der Waals surface area (Å²) in [6, 6.07) is 75.5. The van der Waals surface area contributed by atoms with E-state index in [1.54, 1.807) is 12.1 Å². The van der Waals surface area contributed by atoms with Gasteiger partial charge in [-0.25, -0.2) is 0 Å². The first-order valence-electron chi connectivity index (χ1n) is 19.6. The van der Waals surface area contributed by atoms with E-state index in [-0.39, 0.29) is 11.5 Å². The number of phenolic OH excluding ortho intramolecular Hbond substituents is 2. The van der Waals surface area contributed by atoms with Gasteiger partial charge in [-0.05, 0) is 137 Å². The monoisotopic (exact) mass is 742 g/mol. The van der Waals surface area contributed by atoms with Crippen molar-refractivity contribution in [2.24, 2.45) is 0 Å². The summed E-state index contributed by atoms with van der Waals surface area (Å²) in [6.45, 7) is 0. The van der Waals surface area contributed by atoms with Crippen molar-refractivity contribution in [3.8, 4) is 89.4 Å². The van der Waals surface area contributed by atoms with Crippen LogP contribution >= 0.6 is 0 Å². The lowest BCUT2D eigenvalue weighted by Gasteiger charge is -2.16. The van der Waals surface area contributed by atoms with E-state index in [1.807, 2.05) is 24.3 Å². The van der Waals surface area contributed by atoms with Crippen LogP contribution in [0.1, 0.15) is 0 Å². The second kappa shape index (κ2) is 14.8. The predicted octanol–water partition coefficient (Wildman–Crippen LogP) is 15.1. The van der Waals surface area contributed by atoms with Crippen LogP contribution in [0.25, 0.3) is 99.4 Å². The Morgan fingerprint density at radius 1 is 0.207 bits per heavy atom. The summed E-state index contributed by atoms with van der Waals surface area (Å²) < 4.78 is 0. The first-order chi connectivity index (χ1) is 28.6. The number of phenols is 2. The number of hydrogen-bond acceptors (Lipinski definition) is 2. The standard InChI is InChI=1S/C56H38O2/c57-53-29-25-49-35-47(45-21-9-19-43(33-45)41-17-7-15-39(31-41)37-11-3-1-4-12-37)23-27-51(49)55(53)56-52-28-24-48(36-50(52)26-30-54(56)58)46-22-10-20-44(34-46)42-18-8-16-40(32-42)38-13-5-2-6-14-38/h1-36,57-58H. The highest BCUT2D eigenvalue weighted by molar-refractivity contribution is 6.10. The molecule has 0 fully saturated rings. The van der Waals surface area contributed by atoms with Crippen molar-refractivity contribution in [2.45, 2.75) is 0 Å². The van der Waals surface area contributed by atoms with Gasteiger partial charge in [-0.1, -0.05) is 170 Å². The average Bonchev–Trinajstić information content (AvgIpc) is 3.30. The van der Waals surface area contributed by atoms with E-state index in [0.717, 1.165) is 66.1 Å².